The third-order valence-electron chi connectivity index (χ3n) is 5.82. The van der Waals surface area contributed by atoms with Crippen LogP contribution >= 0.6 is 0 Å². The molecule has 2 fully saturated rings. The molecule has 3 aromatic heterocycles. The van der Waals surface area contributed by atoms with Gasteiger partial charge in [0.25, 0.3) is 0 Å². The molecule has 32 heavy (non-hydrogen) atoms. The molecule has 1 saturated carbocycles. The maximum absolute atomic E-state index is 6.05. The van der Waals surface area contributed by atoms with Gasteiger partial charge >= 0.3 is 0 Å². The lowest BCUT2D eigenvalue weighted by Crippen LogP contribution is -2.37. The molecule has 0 radical (unpaired) electrons. The van der Waals surface area contributed by atoms with Gasteiger partial charge in [-0.25, -0.2) is 9.97 Å². The van der Waals surface area contributed by atoms with Crippen molar-refractivity contribution in [3.8, 4) is 28.5 Å². The minimum atomic E-state index is 0.117. The summed E-state index contributed by atoms with van der Waals surface area (Å²) in [5.41, 5.74) is 4.12. The van der Waals surface area contributed by atoms with E-state index in [0.717, 1.165) is 59.6 Å². The summed E-state index contributed by atoms with van der Waals surface area (Å²) in [6.07, 6.45) is 11.5. The molecule has 0 bridgehead atoms. The Labute approximate surface area is 185 Å². The first-order valence-corrected chi connectivity index (χ1v) is 11.1. The second-order valence-electron chi connectivity index (χ2n) is 8.37. The summed E-state index contributed by atoms with van der Waals surface area (Å²) in [6, 6.07) is 6.63. The van der Waals surface area contributed by atoms with E-state index < -0.39 is 0 Å². The van der Waals surface area contributed by atoms with Gasteiger partial charge in [-0.05, 0) is 44.4 Å². The lowest BCUT2D eigenvalue weighted by atomic mass is 10.1. The van der Waals surface area contributed by atoms with Crippen molar-refractivity contribution in [2.45, 2.75) is 37.8 Å². The maximum atomic E-state index is 6.05. The van der Waals surface area contributed by atoms with Crippen LogP contribution in [0.25, 0.3) is 33.5 Å². The van der Waals surface area contributed by atoms with Gasteiger partial charge in [0.2, 0.25) is 5.88 Å². The molecular weight excluding hydrogens is 404 g/mol. The monoisotopic (exact) mass is 428 g/mol. The van der Waals surface area contributed by atoms with Crippen molar-refractivity contribution in [2.24, 2.45) is 0 Å². The molecule has 0 spiro atoms. The van der Waals surface area contributed by atoms with E-state index in [2.05, 4.69) is 41.8 Å². The standard InChI is InChI=1S/C23H24N8O/c1-2-16(9-24-7-1)32-22-13-26-11-20(29-22)23-17-8-14(3-6-18(17)30-31-23)19-10-25-12-21(28-19)27-15-4-5-15/h3,6,8,10-13,15-16,24H,1-2,4-5,7,9H2,(H,27,28)(H,30,31)/t16-/m1/s1. The van der Waals surface area contributed by atoms with E-state index >= 15 is 0 Å². The van der Waals surface area contributed by atoms with Crippen molar-refractivity contribution >= 4 is 16.7 Å². The molecule has 4 aromatic rings. The van der Waals surface area contributed by atoms with Crippen molar-refractivity contribution in [2.75, 3.05) is 18.4 Å². The van der Waals surface area contributed by atoms with E-state index in [0.29, 0.717) is 17.6 Å². The van der Waals surface area contributed by atoms with Crippen LogP contribution in [-0.2, 0) is 0 Å². The van der Waals surface area contributed by atoms with E-state index in [1.807, 2.05) is 12.1 Å². The van der Waals surface area contributed by atoms with Crippen molar-refractivity contribution < 1.29 is 4.74 Å². The molecule has 162 valence electrons. The Kier molecular flexibility index (Phi) is 4.87. The average molecular weight is 429 g/mol. The van der Waals surface area contributed by atoms with Crippen LogP contribution < -0.4 is 15.4 Å². The second-order valence-corrected chi connectivity index (χ2v) is 8.37. The summed E-state index contributed by atoms with van der Waals surface area (Å²) in [4.78, 5) is 18.1. The molecule has 4 heterocycles. The Morgan fingerprint density at radius 3 is 2.75 bits per heavy atom. The van der Waals surface area contributed by atoms with Gasteiger partial charge in [0, 0.05) is 23.5 Å². The smallest absolute Gasteiger partial charge is 0.233 e. The highest BCUT2D eigenvalue weighted by atomic mass is 16.5. The number of nitrogens with one attached hydrogen (secondary N) is 3. The second kappa shape index (κ2) is 8.16. The summed E-state index contributed by atoms with van der Waals surface area (Å²) in [6.45, 7) is 1.87. The number of anilines is 1. The van der Waals surface area contributed by atoms with Gasteiger partial charge in [0.1, 0.15) is 23.3 Å². The Morgan fingerprint density at radius 2 is 1.88 bits per heavy atom. The fourth-order valence-corrected chi connectivity index (χ4v) is 3.99. The number of nitrogens with zero attached hydrogens (tertiary/aromatic N) is 5. The van der Waals surface area contributed by atoms with E-state index in [-0.39, 0.29) is 6.10 Å². The van der Waals surface area contributed by atoms with Crippen LogP contribution in [0.15, 0.2) is 43.0 Å². The largest absolute Gasteiger partial charge is 0.472 e. The molecule has 0 amide bonds. The van der Waals surface area contributed by atoms with Gasteiger partial charge in [0.05, 0.1) is 36.0 Å². The lowest BCUT2D eigenvalue weighted by Gasteiger charge is -2.23. The number of hydrogen-bond acceptors (Lipinski definition) is 8. The highest BCUT2D eigenvalue weighted by Crippen LogP contribution is 2.30. The molecule has 1 aromatic carbocycles. The molecule has 2 aliphatic rings. The molecule has 9 nitrogen and oxygen atoms in total. The number of hydrogen-bond donors (Lipinski definition) is 3. The minimum absolute atomic E-state index is 0.117. The van der Waals surface area contributed by atoms with Crippen molar-refractivity contribution in [3.05, 3.63) is 43.0 Å². The molecule has 6 rings (SSSR count). The van der Waals surface area contributed by atoms with Gasteiger partial charge < -0.3 is 15.4 Å². The zero-order chi connectivity index (χ0) is 21.3. The highest BCUT2D eigenvalue weighted by Gasteiger charge is 2.22. The summed E-state index contributed by atoms with van der Waals surface area (Å²) >= 11 is 0. The third-order valence-corrected chi connectivity index (χ3v) is 5.82. The first kappa shape index (κ1) is 19.1. The average Bonchev–Trinajstić information content (AvgIpc) is 3.55. The molecule has 1 aliphatic heterocycles. The Balaban J connectivity index is 1.31. The Hall–Kier alpha value is -3.59. The first-order chi connectivity index (χ1) is 15.8. The number of aromatic nitrogens is 6. The Bertz CT molecular complexity index is 1250. The van der Waals surface area contributed by atoms with E-state index in [4.69, 9.17) is 9.72 Å². The topological polar surface area (TPSA) is 114 Å². The quantitative estimate of drug-likeness (QED) is 0.429. The third kappa shape index (κ3) is 3.99. The van der Waals surface area contributed by atoms with E-state index in [1.54, 1.807) is 24.8 Å². The number of piperidine rings is 1. The van der Waals surface area contributed by atoms with Gasteiger partial charge in [-0.2, -0.15) is 5.10 Å². The van der Waals surface area contributed by atoms with Crippen molar-refractivity contribution in [3.63, 3.8) is 0 Å². The fourth-order valence-electron chi connectivity index (χ4n) is 3.99. The molecule has 3 N–H and O–H groups in total. The molecule has 1 atom stereocenters. The van der Waals surface area contributed by atoms with Crippen molar-refractivity contribution in [1.29, 1.82) is 0 Å². The summed E-state index contributed by atoms with van der Waals surface area (Å²) in [7, 11) is 0. The lowest BCUT2D eigenvalue weighted by molar-refractivity contribution is 0.160. The number of aromatic amines is 1. The number of H-pyrrole nitrogens is 1. The maximum Gasteiger partial charge on any atom is 0.233 e. The van der Waals surface area contributed by atoms with E-state index in [9.17, 15) is 0 Å². The molecule has 9 heteroatoms. The molecule has 1 saturated heterocycles. The predicted octanol–water partition coefficient (Wildman–Crippen LogP) is 3.18. The number of rotatable bonds is 6. The summed E-state index contributed by atoms with van der Waals surface area (Å²) < 4.78 is 6.05. The number of fused-ring (bicyclic) bond motifs is 1. The molecule has 0 unspecified atom stereocenters. The van der Waals surface area contributed by atoms with Gasteiger partial charge in [-0.3, -0.25) is 15.1 Å². The van der Waals surface area contributed by atoms with Crippen LogP contribution in [0.2, 0.25) is 0 Å². The highest BCUT2D eigenvalue weighted by molar-refractivity contribution is 5.94. The fraction of sp³-hybridized carbons (Fsp3) is 0.348. The molecule has 1 aliphatic carbocycles. The normalized spacial score (nSPS) is 18.6. The van der Waals surface area contributed by atoms with Crippen LogP contribution in [0.5, 0.6) is 5.88 Å². The van der Waals surface area contributed by atoms with Crippen LogP contribution in [-0.4, -0.2) is 55.4 Å². The van der Waals surface area contributed by atoms with Crippen LogP contribution in [0.3, 0.4) is 0 Å². The predicted molar refractivity (Wildman–Crippen MR) is 121 cm³/mol. The van der Waals surface area contributed by atoms with Crippen LogP contribution in [0.4, 0.5) is 5.82 Å². The SMILES string of the molecule is c1cc2[nH]nc(-c3cncc(O[C@@H]4CCCNC4)n3)c2cc1-c1cncc(NC2CC2)n1. The Morgan fingerprint density at radius 1 is 0.969 bits per heavy atom. The summed E-state index contributed by atoms with van der Waals surface area (Å²) in [5, 5.41) is 15.3. The number of benzene rings is 1. The van der Waals surface area contributed by atoms with Crippen molar-refractivity contribution in [1.82, 2.24) is 35.5 Å². The van der Waals surface area contributed by atoms with E-state index in [1.165, 1.54) is 12.8 Å². The van der Waals surface area contributed by atoms with Gasteiger partial charge in [0.15, 0.2) is 0 Å². The first-order valence-electron chi connectivity index (χ1n) is 11.1. The van der Waals surface area contributed by atoms with Crippen LogP contribution in [0, 0.1) is 0 Å². The van der Waals surface area contributed by atoms with Gasteiger partial charge in [-0.1, -0.05) is 6.07 Å². The number of ether oxygens (including phenoxy) is 1. The molecular formula is C23H24N8O. The summed E-state index contributed by atoms with van der Waals surface area (Å²) in [5.74, 6) is 1.33. The van der Waals surface area contributed by atoms with Gasteiger partial charge in [-0.15, -0.1) is 0 Å². The zero-order valence-corrected chi connectivity index (χ0v) is 17.6. The minimum Gasteiger partial charge on any atom is -0.472 e. The van der Waals surface area contributed by atoms with Crippen LogP contribution in [0.1, 0.15) is 25.7 Å². The zero-order valence-electron chi connectivity index (χ0n) is 17.6.